The molecule has 2 rings (SSSR count). The third kappa shape index (κ3) is 2.45. The van der Waals surface area contributed by atoms with Gasteiger partial charge in [0.1, 0.15) is 22.8 Å². The molecule has 1 aromatic heterocycles. The highest BCUT2D eigenvalue weighted by Crippen LogP contribution is 2.34. The number of rotatable bonds is 2. The van der Waals surface area contributed by atoms with E-state index < -0.39 is 29.0 Å². The topological polar surface area (TPSA) is 24.9 Å². The molecule has 19 heavy (non-hydrogen) atoms. The van der Waals surface area contributed by atoms with Crippen LogP contribution in [0.1, 0.15) is 12.6 Å². The Labute approximate surface area is 105 Å². The number of benzene rings is 1. The molecule has 2 aromatic rings. The molecule has 0 spiro atoms. The summed E-state index contributed by atoms with van der Waals surface area (Å²) in [7, 11) is 0. The van der Waals surface area contributed by atoms with Crippen LogP contribution in [0.4, 0.5) is 27.6 Å². The second kappa shape index (κ2) is 4.64. The highest BCUT2D eigenvalue weighted by atomic mass is 19.4. The monoisotopic (exact) mass is 276 g/mol. The SMILES string of the molecule is CCNc1cc(C(F)(F)F)nc2c(F)ccc(F)c12. The molecule has 102 valence electrons. The molecule has 2 nitrogen and oxygen atoms in total. The molecule has 0 aliphatic carbocycles. The van der Waals surface area contributed by atoms with Crippen molar-refractivity contribution >= 4 is 16.6 Å². The maximum absolute atomic E-state index is 13.7. The Kier molecular flexibility index (Phi) is 3.30. The summed E-state index contributed by atoms with van der Waals surface area (Å²) in [6.45, 7) is 1.91. The van der Waals surface area contributed by atoms with Gasteiger partial charge in [-0.25, -0.2) is 13.8 Å². The number of pyridine rings is 1. The number of alkyl halides is 3. The van der Waals surface area contributed by atoms with Gasteiger partial charge in [0.05, 0.1) is 5.39 Å². The Morgan fingerprint density at radius 2 is 1.79 bits per heavy atom. The predicted molar refractivity (Wildman–Crippen MR) is 60.8 cm³/mol. The first-order valence-electron chi connectivity index (χ1n) is 5.44. The third-order valence-corrected chi connectivity index (χ3v) is 2.52. The van der Waals surface area contributed by atoms with Crippen LogP contribution in [0.3, 0.4) is 0 Å². The molecule has 0 aliphatic heterocycles. The van der Waals surface area contributed by atoms with E-state index >= 15 is 0 Å². The van der Waals surface area contributed by atoms with E-state index in [1.165, 1.54) is 0 Å². The standard InChI is InChI=1S/C12H9F5N2/c1-2-18-8-5-9(12(15,16)17)19-11-7(14)4-3-6(13)10(8)11/h3-5H,2H2,1H3,(H,18,19). The summed E-state index contributed by atoms with van der Waals surface area (Å²) in [4.78, 5) is 3.17. The number of hydrogen-bond acceptors (Lipinski definition) is 2. The lowest BCUT2D eigenvalue weighted by molar-refractivity contribution is -0.140. The maximum Gasteiger partial charge on any atom is 0.433 e. The van der Waals surface area contributed by atoms with Gasteiger partial charge in [-0.1, -0.05) is 0 Å². The summed E-state index contributed by atoms with van der Waals surface area (Å²) in [6.07, 6.45) is -4.73. The zero-order valence-electron chi connectivity index (χ0n) is 9.78. The van der Waals surface area contributed by atoms with Gasteiger partial charge in [-0.2, -0.15) is 13.2 Å². The van der Waals surface area contributed by atoms with Crippen molar-refractivity contribution in [1.29, 1.82) is 0 Å². The third-order valence-electron chi connectivity index (χ3n) is 2.52. The number of nitrogens with zero attached hydrogens (tertiary/aromatic N) is 1. The number of fused-ring (bicyclic) bond motifs is 1. The van der Waals surface area contributed by atoms with Crippen molar-refractivity contribution in [2.75, 3.05) is 11.9 Å². The summed E-state index contributed by atoms with van der Waals surface area (Å²) in [6, 6.07) is 2.28. The molecule has 0 radical (unpaired) electrons. The van der Waals surface area contributed by atoms with Gasteiger partial charge in [-0.15, -0.1) is 0 Å². The zero-order valence-corrected chi connectivity index (χ0v) is 9.78. The van der Waals surface area contributed by atoms with Crippen LogP contribution in [0, 0.1) is 11.6 Å². The number of aromatic nitrogens is 1. The van der Waals surface area contributed by atoms with E-state index in [1.54, 1.807) is 6.92 Å². The molecule has 0 unspecified atom stereocenters. The zero-order chi connectivity index (χ0) is 14.2. The van der Waals surface area contributed by atoms with Crippen LogP contribution in [-0.2, 0) is 6.18 Å². The van der Waals surface area contributed by atoms with Gasteiger partial charge in [0.15, 0.2) is 0 Å². The molecule has 1 N–H and O–H groups in total. The average Bonchev–Trinajstić information content (AvgIpc) is 2.33. The Morgan fingerprint density at radius 1 is 1.16 bits per heavy atom. The van der Waals surface area contributed by atoms with Crippen molar-refractivity contribution in [1.82, 2.24) is 4.98 Å². The molecular weight excluding hydrogens is 267 g/mol. The fraction of sp³-hybridized carbons (Fsp3) is 0.250. The molecule has 7 heteroatoms. The van der Waals surface area contributed by atoms with Gasteiger partial charge in [-0.3, -0.25) is 0 Å². The fourth-order valence-corrected chi connectivity index (χ4v) is 1.74. The van der Waals surface area contributed by atoms with Crippen LogP contribution >= 0.6 is 0 Å². The first kappa shape index (κ1) is 13.5. The second-order valence-electron chi connectivity index (χ2n) is 3.84. The minimum atomic E-state index is -4.73. The van der Waals surface area contributed by atoms with Crippen molar-refractivity contribution in [3.63, 3.8) is 0 Å². The van der Waals surface area contributed by atoms with E-state index in [2.05, 4.69) is 10.3 Å². The average molecular weight is 276 g/mol. The van der Waals surface area contributed by atoms with E-state index in [9.17, 15) is 22.0 Å². The van der Waals surface area contributed by atoms with Crippen LogP contribution in [0.25, 0.3) is 10.9 Å². The molecule has 1 heterocycles. The predicted octanol–water partition coefficient (Wildman–Crippen LogP) is 3.96. The molecule has 0 aliphatic rings. The van der Waals surface area contributed by atoms with Gasteiger partial charge in [0.2, 0.25) is 0 Å². The van der Waals surface area contributed by atoms with E-state index in [-0.39, 0.29) is 17.6 Å². The van der Waals surface area contributed by atoms with E-state index in [1.807, 2.05) is 0 Å². The lowest BCUT2D eigenvalue weighted by Crippen LogP contribution is -2.11. The molecule has 0 saturated carbocycles. The molecule has 0 fully saturated rings. The number of nitrogens with one attached hydrogen (secondary N) is 1. The number of hydrogen-bond donors (Lipinski definition) is 1. The van der Waals surface area contributed by atoms with Gasteiger partial charge >= 0.3 is 6.18 Å². The Hall–Kier alpha value is -1.92. The quantitative estimate of drug-likeness (QED) is 0.840. The van der Waals surface area contributed by atoms with Crippen molar-refractivity contribution < 1.29 is 22.0 Å². The van der Waals surface area contributed by atoms with E-state index in [0.717, 1.165) is 12.1 Å². The highest BCUT2D eigenvalue weighted by molar-refractivity contribution is 5.92. The Bertz CT molecular complexity index is 622. The van der Waals surface area contributed by atoms with Crippen LogP contribution in [0.15, 0.2) is 18.2 Å². The molecule has 1 aromatic carbocycles. The van der Waals surface area contributed by atoms with Crippen LogP contribution < -0.4 is 5.32 Å². The van der Waals surface area contributed by atoms with Crippen LogP contribution in [0.2, 0.25) is 0 Å². The molecule has 0 saturated heterocycles. The van der Waals surface area contributed by atoms with Crippen molar-refractivity contribution in [2.24, 2.45) is 0 Å². The molecule has 0 atom stereocenters. The summed E-state index contributed by atoms with van der Waals surface area (Å²) in [5.74, 6) is -1.82. The van der Waals surface area contributed by atoms with Gasteiger partial charge in [0, 0.05) is 12.2 Å². The van der Waals surface area contributed by atoms with E-state index in [4.69, 9.17) is 0 Å². The van der Waals surface area contributed by atoms with Crippen LogP contribution in [-0.4, -0.2) is 11.5 Å². The number of anilines is 1. The summed E-state index contributed by atoms with van der Waals surface area (Å²) in [5.41, 5.74) is -2.02. The van der Waals surface area contributed by atoms with Crippen molar-refractivity contribution in [3.05, 3.63) is 35.5 Å². The minimum Gasteiger partial charge on any atom is -0.385 e. The van der Waals surface area contributed by atoms with Gasteiger partial charge < -0.3 is 5.32 Å². The molecule has 0 amide bonds. The Balaban J connectivity index is 2.83. The van der Waals surface area contributed by atoms with Gasteiger partial charge in [0.25, 0.3) is 0 Å². The van der Waals surface area contributed by atoms with Crippen molar-refractivity contribution in [3.8, 4) is 0 Å². The summed E-state index contributed by atoms with van der Waals surface area (Å²) < 4.78 is 65.2. The number of halogens is 5. The van der Waals surface area contributed by atoms with E-state index in [0.29, 0.717) is 6.07 Å². The fourth-order valence-electron chi connectivity index (χ4n) is 1.74. The minimum absolute atomic E-state index is 0.128. The van der Waals surface area contributed by atoms with Crippen molar-refractivity contribution in [2.45, 2.75) is 13.1 Å². The second-order valence-corrected chi connectivity index (χ2v) is 3.84. The lowest BCUT2D eigenvalue weighted by atomic mass is 10.1. The Morgan fingerprint density at radius 3 is 2.37 bits per heavy atom. The highest BCUT2D eigenvalue weighted by Gasteiger charge is 2.34. The molecule has 0 bridgehead atoms. The first-order valence-corrected chi connectivity index (χ1v) is 5.44. The largest absolute Gasteiger partial charge is 0.433 e. The van der Waals surface area contributed by atoms with Gasteiger partial charge in [-0.05, 0) is 25.1 Å². The normalized spacial score (nSPS) is 11.9. The smallest absolute Gasteiger partial charge is 0.385 e. The lowest BCUT2D eigenvalue weighted by Gasteiger charge is -2.13. The summed E-state index contributed by atoms with van der Waals surface area (Å²) in [5, 5.41) is 2.30. The van der Waals surface area contributed by atoms with Crippen LogP contribution in [0.5, 0.6) is 0 Å². The molecular formula is C12H9F5N2. The maximum atomic E-state index is 13.7. The first-order chi connectivity index (χ1) is 8.84. The summed E-state index contributed by atoms with van der Waals surface area (Å²) >= 11 is 0.